The smallest absolute Gasteiger partial charge is 0.245 e. The molecule has 0 saturated carbocycles. The first-order valence-corrected chi connectivity index (χ1v) is 11.4. The lowest BCUT2D eigenvalue weighted by molar-refractivity contribution is -0.116. The van der Waals surface area contributed by atoms with Gasteiger partial charge < -0.3 is 15.1 Å². The Hall–Kier alpha value is -2.53. The highest BCUT2D eigenvalue weighted by Gasteiger charge is 2.53. The molecule has 31 heavy (non-hydrogen) atoms. The summed E-state index contributed by atoms with van der Waals surface area (Å²) in [5, 5.41) is 4.02. The molecule has 1 aromatic heterocycles. The molecule has 4 rings (SSSR count). The largest absolute Gasteiger partial charge is 0.469 e. The minimum atomic E-state index is -0.563. The second kappa shape index (κ2) is 7.86. The number of anilines is 1. The lowest BCUT2D eigenvalue weighted by atomic mass is 9.71. The molecule has 3 unspecified atom stereocenters. The van der Waals surface area contributed by atoms with Crippen molar-refractivity contribution in [2.75, 3.05) is 4.90 Å². The first kappa shape index (κ1) is 21.7. The van der Waals surface area contributed by atoms with Crippen LogP contribution in [0.2, 0.25) is 0 Å². The Morgan fingerprint density at radius 3 is 2.74 bits per heavy atom. The molecule has 0 spiro atoms. The molecule has 0 radical (unpaired) electrons. The summed E-state index contributed by atoms with van der Waals surface area (Å²) in [7, 11) is 0. The minimum absolute atomic E-state index is 0.151. The summed E-state index contributed by atoms with van der Waals surface area (Å²) in [6.07, 6.45) is 7.85. The Labute approximate surface area is 185 Å². The van der Waals surface area contributed by atoms with Gasteiger partial charge in [-0.3, -0.25) is 10.1 Å². The summed E-state index contributed by atoms with van der Waals surface area (Å²) < 4.78 is 5.76. The molecule has 3 atom stereocenters. The van der Waals surface area contributed by atoms with Crippen LogP contribution in [0.15, 0.2) is 46.6 Å². The van der Waals surface area contributed by atoms with E-state index in [1.165, 1.54) is 5.56 Å². The van der Waals surface area contributed by atoms with E-state index in [9.17, 15) is 4.79 Å². The molecule has 5 nitrogen and oxygen atoms in total. The number of hydrogen-bond donors (Lipinski definition) is 2. The van der Waals surface area contributed by atoms with Crippen molar-refractivity contribution in [2.45, 2.75) is 78.0 Å². The zero-order valence-corrected chi connectivity index (χ0v) is 19.4. The Bertz CT molecular complexity index is 1010. The summed E-state index contributed by atoms with van der Waals surface area (Å²) in [5.41, 5.74) is 8.88. The van der Waals surface area contributed by atoms with Gasteiger partial charge in [-0.2, -0.15) is 0 Å². The summed E-state index contributed by atoms with van der Waals surface area (Å²) in [6, 6.07) is 10.8. The van der Waals surface area contributed by atoms with E-state index < -0.39 is 11.1 Å². The van der Waals surface area contributed by atoms with Gasteiger partial charge in [0.05, 0.1) is 11.9 Å². The Morgan fingerprint density at radius 2 is 2.03 bits per heavy atom. The van der Waals surface area contributed by atoms with Crippen LogP contribution in [-0.4, -0.2) is 17.6 Å². The number of amides is 1. The van der Waals surface area contributed by atoms with Crippen molar-refractivity contribution >= 4 is 17.7 Å². The van der Waals surface area contributed by atoms with Crippen molar-refractivity contribution in [2.24, 2.45) is 11.1 Å². The number of nitrogens with zero attached hydrogens (tertiary/aromatic N) is 1. The summed E-state index contributed by atoms with van der Waals surface area (Å²) in [6.45, 7) is 11.0. The van der Waals surface area contributed by atoms with Gasteiger partial charge in [-0.1, -0.05) is 39.0 Å². The van der Waals surface area contributed by atoms with Crippen LogP contribution >= 0.6 is 0 Å². The number of nitrogens with two attached hydrogens (primary N) is 1. The minimum Gasteiger partial charge on any atom is -0.469 e. The molecule has 1 amide bonds. The van der Waals surface area contributed by atoms with Crippen LogP contribution in [0.1, 0.15) is 76.8 Å². The maximum absolute atomic E-state index is 12.7. The van der Waals surface area contributed by atoms with Crippen molar-refractivity contribution in [1.29, 1.82) is 0 Å². The van der Waals surface area contributed by atoms with Crippen molar-refractivity contribution in [1.82, 2.24) is 5.32 Å². The maximum atomic E-state index is 12.7. The number of rotatable bonds is 5. The Balaban J connectivity index is 1.92. The van der Waals surface area contributed by atoms with E-state index in [-0.39, 0.29) is 18.0 Å². The number of carbonyl (C=O) groups is 1. The van der Waals surface area contributed by atoms with Crippen molar-refractivity contribution in [3.8, 4) is 0 Å². The monoisotopic (exact) mass is 421 g/mol. The quantitative estimate of drug-likeness (QED) is 0.698. The molecule has 1 aromatic carbocycles. The fourth-order valence-electron chi connectivity index (χ4n) is 5.43. The molecule has 5 heteroatoms. The number of fused-ring (bicyclic) bond motifs is 2. The van der Waals surface area contributed by atoms with E-state index in [4.69, 9.17) is 10.2 Å². The normalized spacial score (nSPS) is 25.8. The fraction of sp³-hybridized carbons (Fsp3) is 0.500. The first-order valence-electron chi connectivity index (χ1n) is 11.4. The summed E-state index contributed by atoms with van der Waals surface area (Å²) >= 11 is 0. The second-order valence-electron chi connectivity index (χ2n) is 9.69. The third kappa shape index (κ3) is 3.39. The van der Waals surface area contributed by atoms with Crippen LogP contribution in [0, 0.1) is 5.41 Å². The first-order chi connectivity index (χ1) is 14.7. The second-order valence-corrected chi connectivity index (χ2v) is 9.69. The molecular weight excluding hydrogens is 386 g/mol. The van der Waals surface area contributed by atoms with E-state index in [0.717, 1.165) is 42.7 Å². The van der Waals surface area contributed by atoms with E-state index in [1.807, 2.05) is 12.1 Å². The SMILES string of the molecule is CCC(C)N1c2ccccc2C=C(C(N)=O)C(C)(C)C1(C)NC1CCCc2occc21. The average Bonchev–Trinajstić information content (AvgIpc) is 3.19. The van der Waals surface area contributed by atoms with Gasteiger partial charge in [0, 0.05) is 40.7 Å². The van der Waals surface area contributed by atoms with Gasteiger partial charge in [0.15, 0.2) is 0 Å². The molecular formula is C26H35N3O2. The summed E-state index contributed by atoms with van der Waals surface area (Å²) in [4.78, 5) is 15.2. The van der Waals surface area contributed by atoms with Crippen molar-refractivity contribution in [3.05, 3.63) is 59.1 Å². The van der Waals surface area contributed by atoms with Crippen LogP contribution in [0.4, 0.5) is 5.69 Å². The van der Waals surface area contributed by atoms with Gasteiger partial charge >= 0.3 is 0 Å². The van der Waals surface area contributed by atoms with Gasteiger partial charge in [-0.15, -0.1) is 0 Å². The predicted octanol–water partition coefficient (Wildman–Crippen LogP) is 5.18. The van der Waals surface area contributed by atoms with Crippen LogP contribution in [0.3, 0.4) is 0 Å². The van der Waals surface area contributed by atoms with Crippen LogP contribution < -0.4 is 16.0 Å². The topological polar surface area (TPSA) is 71.5 Å². The van der Waals surface area contributed by atoms with Gasteiger partial charge in [-0.25, -0.2) is 0 Å². The number of para-hydroxylation sites is 1. The highest BCUT2D eigenvalue weighted by atomic mass is 16.3. The zero-order valence-electron chi connectivity index (χ0n) is 19.4. The molecule has 2 aromatic rings. The summed E-state index contributed by atoms with van der Waals surface area (Å²) in [5.74, 6) is 0.700. The molecule has 1 aliphatic carbocycles. The van der Waals surface area contributed by atoms with Gasteiger partial charge in [0.1, 0.15) is 5.76 Å². The van der Waals surface area contributed by atoms with Crippen molar-refractivity contribution in [3.63, 3.8) is 0 Å². The third-order valence-corrected chi connectivity index (χ3v) is 7.67. The Kier molecular flexibility index (Phi) is 5.50. The number of aryl methyl sites for hydroxylation is 1. The number of primary amides is 1. The molecule has 2 heterocycles. The van der Waals surface area contributed by atoms with Gasteiger partial charge in [-0.05, 0) is 56.9 Å². The van der Waals surface area contributed by atoms with E-state index >= 15 is 0 Å². The van der Waals surface area contributed by atoms with Crippen LogP contribution in [0.25, 0.3) is 6.08 Å². The fourth-order valence-corrected chi connectivity index (χ4v) is 5.43. The van der Waals surface area contributed by atoms with Gasteiger partial charge in [0.2, 0.25) is 5.91 Å². The number of furan rings is 1. The van der Waals surface area contributed by atoms with E-state index in [1.54, 1.807) is 6.26 Å². The van der Waals surface area contributed by atoms with E-state index in [0.29, 0.717) is 5.57 Å². The lowest BCUT2D eigenvalue weighted by Crippen LogP contribution is -2.68. The molecule has 1 aliphatic heterocycles. The molecule has 0 fully saturated rings. The highest BCUT2D eigenvalue weighted by Crippen LogP contribution is 2.49. The third-order valence-electron chi connectivity index (χ3n) is 7.67. The number of hydrogen-bond acceptors (Lipinski definition) is 4. The molecule has 166 valence electrons. The molecule has 3 N–H and O–H groups in total. The lowest BCUT2D eigenvalue weighted by Gasteiger charge is -2.56. The number of benzene rings is 1. The number of carbonyl (C=O) groups excluding carboxylic acids is 1. The molecule has 0 saturated heterocycles. The van der Waals surface area contributed by atoms with E-state index in [2.05, 4.69) is 69.1 Å². The average molecular weight is 422 g/mol. The zero-order chi connectivity index (χ0) is 22.4. The highest BCUT2D eigenvalue weighted by molar-refractivity contribution is 6.00. The number of nitrogens with one attached hydrogen (secondary N) is 1. The molecule has 0 bridgehead atoms. The standard InChI is InChI=1S/C26H35N3O2/c1-6-17(2)29-22-12-8-7-10-18(22)16-20(24(27)30)25(3,4)26(29,5)28-21-11-9-13-23-19(21)14-15-31-23/h7-8,10,12,14-17,21,28H,6,9,11,13H2,1-5H3,(H2,27,30). The Morgan fingerprint density at radius 1 is 1.29 bits per heavy atom. The van der Waals surface area contributed by atoms with Crippen molar-refractivity contribution < 1.29 is 9.21 Å². The predicted molar refractivity (Wildman–Crippen MR) is 126 cm³/mol. The maximum Gasteiger partial charge on any atom is 0.245 e. The van der Waals surface area contributed by atoms with Crippen LogP contribution in [-0.2, 0) is 11.2 Å². The van der Waals surface area contributed by atoms with Gasteiger partial charge in [0.25, 0.3) is 0 Å². The molecule has 2 aliphatic rings. The van der Waals surface area contributed by atoms with Crippen LogP contribution in [0.5, 0.6) is 0 Å².